The van der Waals surface area contributed by atoms with Crippen molar-refractivity contribution in [1.29, 1.82) is 0 Å². The molecule has 35 heavy (non-hydrogen) atoms. The highest BCUT2D eigenvalue weighted by Gasteiger charge is 2.32. The molecule has 1 aliphatic heterocycles. The van der Waals surface area contributed by atoms with E-state index in [1.54, 1.807) is 0 Å². The number of nitrogens with zero attached hydrogens (tertiary/aromatic N) is 1. The lowest BCUT2D eigenvalue weighted by atomic mass is 9.93. The van der Waals surface area contributed by atoms with Crippen molar-refractivity contribution in [2.24, 2.45) is 5.92 Å². The van der Waals surface area contributed by atoms with Gasteiger partial charge in [0, 0.05) is 24.7 Å². The Morgan fingerprint density at radius 2 is 1.80 bits per heavy atom. The molecule has 2 atom stereocenters. The molecule has 3 rings (SSSR count). The zero-order valence-corrected chi connectivity index (χ0v) is 21.9. The summed E-state index contributed by atoms with van der Waals surface area (Å²) in [6, 6.07) is 14.3. The molecule has 4 heteroatoms. The molecule has 0 unspecified atom stereocenters. The number of amides is 1. The Morgan fingerprint density at radius 1 is 1.06 bits per heavy atom. The second-order valence-corrected chi connectivity index (χ2v) is 10.1. The number of carbonyl (C=O) groups excluding carboxylic acids is 1. The molecule has 0 spiro atoms. The molecule has 2 N–H and O–H groups in total. The average Bonchev–Trinajstić information content (AvgIpc) is 2.84. The van der Waals surface area contributed by atoms with Gasteiger partial charge in [-0.1, -0.05) is 89.0 Å². The molecular weight excluding hydrogens is 432 g/mol. The quantitative estimate of drug-likeness (QED) is 0.349. The van der Waals surface area contributed by atoms with Crippen LogP contribution in [0.15, 0.2) is 42.5 Å². The first-order valence-corrected chi connectivity index (χ1v) is 13.3. The zero-order chi connectivity index (χ0) is 25.2. The Balaban J connectivity index is 1.80. The molecule has 0 radical (unpaired) electrons. The maximum atomic E-state index is 12.9. The molecule has 4 nitrogen and oxygen atoms in total. The van der Waals surface area contributed by atoms with Gasteiger partial charge in [0.05, 0.1) is 12.6 Å². The van der Waals surface area contributed by atoms with Gasteiger partial charge in [-0.2, -0.15) is 0 Å². The molecule has 1 aliphatic rings. The first-order chi connectivity index (χ1) is 16.9. The Bertz CT molecular complexity index is 1030. The lowest BCUT2D eigenvalue weighted by Crippen LogP contribution is -2.54. The topological polar surface area (TPSA) is 52.6 Å². The van der Waals surface area contributed by atoms with Crippen LogP contribution in [0.3, 0.4) is 0 Å². The molecule has 1 amide bonds. The van der Waals surface area contributed by atoms with Crippen molar-refractivity contribution in [1.82, 2.24) is 5.32 Å². The molecular formula is C31H42N2O2. The van der Waals surface area contributed by atoms with Gasteiger partial charge in [-0.05, 0) is 53.6 Å². The first-order valence-electron chi connectivity index (χ1n) is 13.3. The molecule has 2 aromatic rings. The highest BCUT2D eigenvalue weighted by Crippen LogP contribution is 2.32. The van der Waals surface area contributed by atoms with Crippen molar-refractivity contribution in [2.45, 2.75) is 84.2 Å². The van der Waals surface area contributed by atoms with Crippen molar-refractivity contribution >= 4 is 11.6 Å². The number of nitrogens with one attached hydrogen (secondary N) is 1. The zero-order valence-electron chi connectivity index (χ0n) is 21.9. The Hall–Kier alpha value is -2.77. The number of aliphatic hydroxyl groups is 1. The van der Waals surface area contributed by atoms with Crippen LogP contribution < -0.4 is 10.2 Å². The van der Waals surface area contributed by atoms with Gasteiger partial charge in [0.25, 0.3) is 0 Å². The maximum absolute atomic E-state index is 12.9. The molecule has 0 aromatic heterocycles. The van der Waals surface area contributed by atoms with Gasteiger partial charge in [-0.15, -0.1) is 0 Å². The number of rotatable bonds is 9. The molecule has 0 bridgehead atoms. The van der Waals surface area contributed by atoms with E-state index in [0.717, 1.165) is 34.4 Å². The van der Waals surface area contributed by atoms with Crippen molar-refractivity contribution in [3.63, 3.8) is 0 Å². The van der Waals surface area contributed by atoms with Gasteiger partial charge in [-0.25, -0.2) is 0 Å². The van der Waals surface area contributed by atoms with Crippen LogP contribution >= 0.6 is 0 Å². The highest BCUT2D eigenvalue weighted by molar-refractivity contribution is 5.87. The van der Waals surface area contributed by atoms with Crippen molar-refractivity contribution < 1.29 is 9.90 Å². The van der Waals surface area contributed by atoms with Crippen molar-refractivity contribution in [2.75, 3.05) is 18.6 Å². The second-order valence-electron chi connectivity index (χ2n) is 10.1. The number of carbonyl (C=O) groups is 1. The Morgan fingerprint density at radius 3 is 2.54 bits per heavy atom. The number of anilines is 1. The smallest absolute Gasteiger partial charge is 0.243 e. The third-order valence-corrected chi connectivity index (χ3v) is 6.90. The van der Waals surface area contributed by atoms with Crippen LogP contribution in [0.2, 0.25) is 0 Å². The number of fused-ring (bicyclic) bond motifs is 1. The van der Waals surface area contributed by atoms with Gasteiger partial charge < -0.3 is 15.3 Å². The molecule has 0 fully saturated rings. The number of hydrogen-bond donors (Lipinski definition) is 2. The van der Waals surface area contributed by atoms with E-state index in [-0.39, 0.29) is 30.5 Å². The van der Waals surface area contributed by atoms with Crippen molar-refractivity contribution in [3.05, 3.63) is 53.6 Å². The summed E-state index contributed by atoms with van der Waals surface area (Å²) in [7, 11) is 2.00. The Kier molecular flexibility index (Phi) is 10.2. The van der Waals surface area contributed by atoms with Crippen LogP contribution in [0, 0.1) is 17.8 Å². The van der Waals surface area contributed by atoms with E-state index in [1.807, 2.05) is 7.05 Å². The van der Waals surface area contributed by atoms with E-state index < -0.39 is 0 Å². The summed E-state index contributed by atoms with van der Waals surface area (Å²) in [4.78, 5) is 15.0. The SMILES string of the molecule is CCCCCCCCC#Cc1cccc(-c2ccc3c(c2)N(C)[C@@H](C(C)C)C(=O)N[C@H](CO)C3)c1. The predicted molar refractivity (Wildman–Crippen MR) is 146 cm³/mol. The van der Waals surface area contributed by atoms with Gasteiger partial charge in [0.1, 0.15) is 6.04 Å². The molecule has 2 aromatic carbocycles. The van der Waals surface area contributed by atoms with Crippen molar-refractivity contribution in [3.8, 4) is 23.0 Å². The van der Waals surface area contributed by atoms with Crippen LogP contribution in [0.4, 0.5) is 5.69 Å². The number of benzene rings is 2. The fourth-order valence-corrected chi connectivity index (χ4v) is 4.97. The van der Waals surface area contributed by atoms with E-state index in [0.29, 0.717) is 6.42 Å². The summed E-state index contributed by atoms with van der Waals surface area (Å²) in [6.45, 7) is 6.30. The highest BCUT2D eigenvalue weighted by atomic mass is 16.3. The Labute approximate surface area is 212 Å². The number of unbranched alkanes of at least 4 members (excludes halogenated alkanes) is 6. The third kappa shape index (κ3) is 7.36. The number of likely N-dealkylation sites (N-methyl/N-ethyl adjacent to an activating group) is 1. The minimum atomic E-state index is -0.294. The first kappa shape index (κ1) is 26.8. The number of aliphatic hydroxyl groups excluding tert-OH is 1. The van der Waals surface area contributed by atoms with E-state index in [1.165, 1.54) is 38.5 Å². The molecule has 0 saturated heterocycles. The molecule has 0 aliphatic carbocycles. The van der Waals surface area contributed by atoms with Gasteiger partial charge in [0.2, 0.25) is 5.91 Å². The molecule has 188 valence electrons. The average molecular weight is 475 g/mol. The summed E-state index contributed by atoms with van der Waals surface area (Å²) >= 11 is 0. The lowest BCUT2D eigenvalue weighted by Gasteiger charge is -2.37. The normalized spacial score (nSPS) is 17.8. The lowest BCUT2D eigenvalue weighted by molar-refractivity contribution is -0.124. The van der Waals surface area contributed by atoms with Crippen LogP contribution in [0.5, 0.6) is 0 Å². The largest absolute Gasteiger partial charge is 0.394 e. The number of hydrogen-bond acceptors (Lipinski definition) is 3. The van der Waals surface area contributed by atoms with Crippen LogP contribution in [-0.4, -0.2) is 36.8 Å². The molecule has 0 saturated carbocycles. The summed E-state index contributed by atoms with van der Waals surface area (Å²) in [5, 5.41) is 12.8. The minimum absolute atomic E-state index is 0.0276. The van der Waals surface area contributed by atoms with E-state index in [9.17, 15) is 9.90 Å². The van der Waals surface area contributed by atoms with Gasteiger partial charge >= 0.3 is 0 Å². The summed E-state index contributed by atoms with van der Waals surface area (Å²) in [5.74, 6) is 6.81. The van der Waals surface area contributed by atoms with Gasteiger partial charge in [0.15, 0.2) is 0 Å². The molecule has 1 heterocycles. The van der Waals surface area contributed by atoms with Gasteiger partial charge in [-0.3, -0.25) is 4.79 Å². The summed E-state index contributed by atoms with van der Waals surface area (Å²) in [6.07, 6.45) is 9.28. The van der Waals surface area contributed by atoms with Crippen LogP contribution in [0.1, 0.15) is 76.8 Å². The maximum Gasteiger partial charge on any atom is 0.243 e. The van der Waals surface area contributed by atoms with Crippen LogP contribution in [0.25, 0.3) is 11.1 Å². The van der Waals surface area contributed by atoms with E-state index >= 15 is 0 Å². The minimum Gasteiger partial charge on any atom is -0.394 e. The van der Waals surface area contributed by atoms with Crippen LogP contribution in [-0.2, 0) is 11.2 Å². The second kappa shape index (κ2) is 13.4. The third-order valence-electron chi connectivity index (χ3n) is 6.90. The fraction of sp³-hybridized carbons (Fsp3) is 0.516. The fourth-order valence-electron chi connectivity index (χ4n) is 4.97. The monoisotopic (exact) mass is 474 g/mol. The standard InChI is InChI=1S/C31H42N2O2/c1-5-6-7-8-9-10-11-12-14-24-15-13-16-25(19-24)26-17-18-27-20-28(22-34)32-31(35)30(23(2)3)33(4)29(27)21-26/h13,15-19,21,23,28,30,34H,5-11,20,22H2,1-4H3,(H,32,35)/t28-,30-/m0/s1. The van der Waals surface area contributed by atoms with E-state index in [2.05, 4.69) is 85.3 Å². The summed E-state index contributed by atoms with van der Waals surface area (Å²) < 4.78 is 0. The predicted octanol–water partition coefficient (Wildman–Crippen LogP) is 5.95. The summed E-state index contributed by atoms with van der Waals surface area (Å²) in [5.41, 5.74) is 5.45. The van der Waals surface area contributed by atoms with E-state index in [4.69, 9.17) is 0 Å².